The highest BCUT2D eigenvalue weighted by atomic mass is 15.2. The molecule has 2 heteroatoms. The highest BCUT2D eigenvalue weighted by Gasteiger charge is 2.33. The highest BCUT2D eigenvalue weighted by Crippen LogP contribution is 2.35. The van der Waals surface area contributed by atoms with Crippen LogP contribution in [0, 0.1) is 17.2 Å². The average molecular weight is 214 g/mol. The van der Waals surface area contributed by atoms with Gasteiger partial charge in [-0.15, -0.1) is 0 Å². The second-order valence-electron chi connectivity index (χ2n) is 4.68. The van der Waals surface area contributed by atoms with Crippen molar-refractivity contribution in [2.45, 2.75) is 20.3 Å². The van der Waals surface area contributed by atoms with Crippen LogP contribution >= 0.6 is 0 Å². The Kier molecular flexibility index (Phi) is 2.82. The number of hydrogen-bond acceptors (Lipinski definition) is 1. The lowest BCUT2D eigenvalue weighted by Gasteiger charge is -2.21. The van der Waals surface area contributed by atoms with Crippen molar-refractivity contribution >= 4 is 11.5 Å². The van der Waals surface area contributed by atoms with Crippen molar-refractivity contribution in [1.29, 1.82) is 5.41 Å². The minimum atomic E-state index is 0.313. The molecule has 1 aliphatic rings. The average Bonchev–Trinajstić information content (AvgIpc) is 2.56. The van der Waals surface area contributed by atoms with Crippen LogP contribution in [0.4, 0.5) is 5.69 Å². The molecule has 1 unspecified atom stereocenters. The maximum atomic E-state index is 8.23. The minimum absolute atomic E-state index is 0.313. The Hall–Kier alpha value is -1.57. The summed E-state index contributed by atoms with van der Waals surface area (Å²) in [5.41, 5.74) is 2.09. The molecule has 2 rings (SSSR count). The van der Waals surface area contributed by atoms with Crippen LogP contribution in [0.2, 0.25) is 0 Å². The monoisotopic (exact) mass is 214 g/mol. The summed E-state index contributed by atoms with van der Waals surface area (Å²) in [4.78, 5) is 1.98. The molecule has 0 amide bonds. The van der Waals surface area contributed by atoms with Crippen LogP contribution in [0.1, 0.15) is 20.3 Å². The number of amidine groups is 1. The van der Waals surface area contributed by atoms with E-state index < -0.39 is 0 Å². The van der Waals surface area contributed by atoms with E-state index in [-0.39, 0.29) is 0 Å². The Bertz CT molecular complexity index is 406. The Morgan fingerprint density at radius 1 is 1.31 bits per heavy atom. The third kappa shape index (κ3) is 1.75. The van der Waals surface area contributed by atoms with Gasteiger partial charge in [-0.1, -0.05) is 38.6 Å². The topological polar surface area (TPSA) is 27.1 Å². The van der Waals surface area contributed by atoms with Crippen LogP contribution < -0.4 is 4.90 Å². The fourth-order valence-corrected chi connectivity index (χ4v) is 2.23. The van der Waals surface area contributed by atoms with E-state index in [2.05, 4.69) is 20.4 Å². The molecule has 0 spiro atoms. The van der Waals surface area contributed by atoms with Crippen LogP contribution in [0.5, 0.6) is 0 Å². The van der Waals surface area contributed by atoms with Gasteiger partial charge in [-0.25, -0.2) is 0 Å². The first-order valence-electron chi connectivity index (χ1n) is 5.72. The van der Waals surface area contributed by atoms with E-state index in [9.17, 15) is 0 Å². The van der Waals surface area contributed by atoms with E-state index in [1.165, 1.54) is 0 Å². The summed E-state index contributed by atoms with van der Waals surface area (Å²) in [7, 11) is 0. The zero-order valence-electron chi connectivity index (χ0n) is 9.90. The highest BCUT2D eigenvalue weighted by molar-refractivity contribution is 6.02. The van der Waals surface area contributed by atoms with Crippen molar-refractivity contribution in [3.63, 3.8) is 0 Å². The zero-order chi connectivity index (χ0) is 11.7. The molecule has 1 N–H and O–H groups in total. The molecule has 1 aliphatic heterocycles. The normalized spacial score (nSPS) is 20.9. The summed E-state index contributed by atoms with van der Waals surface area (Å²) in [6.07, 6.45) is 0.908. The fraction of sp³-hybridized carbons (Fsp3) is 0.357. The van der Waals surface area contributed by atoms with Crippen molar-refractivity contribution in [2.75, 3.05) is 4.90 Å². The first-order valence-corrected chi connectivity index (χ1v) is 5.72. The zero-order valence-corrected chi connectivity index (χ0v) is 9.90. The third-order valence-corrected chi connectivity index (χ3v) is 3.18. The molecular formula is C14H18N2. The van der Waals surface area contributed by atoms with Gasteiger partial charge in [0.2, 0.25) is 0 Å². The van der Waals surface area contributed by atoms with Gasteiger partial charge in [-0.3, -0.25) is 5.41 Å². The van der Waals surface area contributed by atoms with Gasteiger partial charge in [0, 0.05) is 17.3 Å². The van der Waals surface area contributed by atoms with Crippen molar-refractivity contribution in [1.82, 2.24) is 0 Å². The lowest BCUT2D eigenvalue weighted by molar-refractivity contribution is 0.505. The molecule has 16 heavy (non-hydrogen) atoms. The fourth-order valence-electron chi connectivity index (χ4n) is 2.23. The number of nitrogens with zero attached hydrogens (tertiary/aromatic N) is 1. The molecule has 1 saturated heterocycles. The van der Waals surface area contributed by atoms with Crippen molar-refractivity contribution < 1.29 is 0 Å². The lowest BCUT2D eigenvalue weighted by Crippen LogP contribution is -2.27. The van der Waals surface area contributed by atoms with Gasteiger partial charge in [0.05, 0.1) is 0 Å². The molecule has 84 valence electrons. The Labute approximate surface area is 97.1 Å². The summed E-state index contributed by atoms with van der Waals surface area (Å²) in [6.45, 7) is 8.42. The quantitative estimate of drug-likeness (QED) is 0.799. The van der Waals surface area contributed by atoms with E-state index in [1.54, 1.807) is 0 Å². The molecule has 1 atom stereocenters. The Balaban J connectivity index is 2.30. The molecular weight excluding hydrogens is 196 g/mol. The summed E-state index contributed by atoms with van der Waals surface area (Å²) >= 11 is 0. The molecule has 1 fully saturated rings. The van der Waals surface area contributed by atoms with Crippen molar-refractivity contribution in [3.8, 4) is 0 Å². The standard InChI is InChI=1S/C14H18N2/c1-10(2)13-9-11(3)16(14(13)15)12-7-5-4-6-8-12/h4-8,10,13,15H,3,9H2,1-2H3. The molecule has 2 nitrogen and oxygen atoms in total. The van der Waals surface area contributed by atoms with E-state index in [0.717, 1.165) is 17.8 Å². The van der Waals surface area contributed by atoms with Gasteiger partial charge in [-0.2, -0.15) is 0 Å². The number of nitrogens with one attached hydrogen (secondary N) is 1. The SMILES string of the molecule is C=C1CC(C(C)C)C(=N)N1c1ccccc1. The van der Waals surface area contributed by atoms with Crippen molar-refractivity contribution in [3.05, 3.63) is 42.6 Å². The number of allylic oxidation sites excluding steroid dienone is 1. The predicted molar refractivity (Wildman–Crippen MR) is 68.7 cm³/mol. The van der Waals surface area contributed by atoms with Gasteiger partial charge in [0.25, 0.3) is 0 Å². The number of hydrogen-bond donors (Lipinski definition) is 1. The second-order valence-corrected chi connectivity index (χ2v) is 4.68. The molecule has 0 bridgehead atoms. The minimum Gasteiger partial charge on any atom is -0.303 e. The van der Waals surface area contributed by atoms with Crippen LogP contribution in [0.3, 0.4) is 0 Å². The summed E-state index contributed by atoms with van der Waals surface area (Å²) < 4.78 is 0. The predicted octanol–water partition coefficient (Wildman–Crippen LogP) is 3.66. The van der Waals surface area contributed by atoms with Crippen LogP contribution in [-0.2, 0) is 0 Å². The van der Waals surface area contributed by atoms with Crippen LogP contribution in [-0.4, -0.2) is 5.84 Å². The van der Waals surface area contributed by atoms with Crippen LogP contribution in [0.25, 0.3) is 0 Å². The maximum absolute atomic E-state index is 8.23. The third-order valence-electron chi connectivity index (χ3n) is 3.18. The molecule has 0 aliphatic carbocycles. The first-order chi connectivity index (χ1) is 7.61. The van der Waals surface area contributed by atoms with E-state index in [0.29, 0.717) is 17.7 Å². The lowest BCUT2D eigenvalue weighted by atomic mass is 9.94. The number of anilines is 1. The molecule has 0 aromatic heterocycles. The van der Waals surface area contributed by atoms with E-state index in [1.807, 2.05) is 35.2 Å². The Morgan fingerprint density at radius 3 is 2.44 bits per heavy atom. The van der Waals surface area contributed by atoms with Crippen LogP contribution in [0.15, 0.2) is 42.6 Å². The molecule has 0 radical (unpaired) electrons. The van der Waals surface area contributed by atoms with Gasteiger partial charge in [0.15, 0.2) is 0 Å². The van der Waals surface area contributed by atoms with E-state index in [4.69, 9.17) is 5.41 Å². The van der Waals surface area contributed by atoms with E-state index >= 15 is 0 Å². The maximum Gasteiger partial charge on any atom is 0.108 e. The van der Waals surface area contributed by atoms with Crippen molar-refractivity contribution in [2.24, 2.45) is 11.8 Å². The van der Waals surface area contributed by atoms with Gasteiger partial charge in [0.1, 0.15) is 5.84 Å². The molecule has 1 aromatic carbocycles. The number of benzene rings is 1. The second kappa shape index (κ2) is 4.12. The first kappa shape index (κ1) is 10.9. The smallest absolute Gasteiger partial charge is 0.108 e. The Morgan fingerprint density at radius 2 is 1.94 bits per heavy atom. The largest absolute Gasteiger partial charge is 0.303 e. The number of para-hydroxylation sites is 1. The molecule has 0 saturated carbocycles. The van der Waals surface area contributed by atoms with Gasteiger partial charge >= 0.3 is 0 Å². The number of rotatable bonds is 2. The summed E-state index contributed by atoms with van der Waals surface area (Å²) in [5.74, 6) is 1.50. The molecule has 1 heterocycles. The summed E-state index contributed by atoms with van der Waals surface area (Å²) in [5, 5.41) is 8.23. The van der Waals surface area contributed by atoms with Gasteiger partial charge in [-0.05, 0) is 24.5 Å². The molecule has 1 aromatic rings. The van der Waals surface area contributed by atoms with Gasteiger partial charge < -0.3 is 4.90 Å². The summed E-state index contributed by atoms with van der Waals surface area (Å²) in [6, 6.07) is 10.0.